The predicted molar refractivity (Wildman–Crippen MR) is 81.9 cm³/mol. The van der Waals surface area contributed by atoms with Gasteiger partial charge in [-0.05, 0) is 18.9 Å². The van der Waals surface area contributed by atoms with E-state index in [1.165, 1.54) is 6.42 Å². The maximum Gasteiger partial charge on any atom is 0.208 e. The largest absolute Gasteiger partial charge is 0.353 e. The Morgan fingerprint density at radius 3 is 2.56 bits per heavy atom. The molecule has 1 N–H and O–H groups in total. The molecule has 0 aliphatic heterocycles. The van der Waals surface area contributed by atoms with Crippen LogP contribution in [-0.2, 0) is 0 Å². The summed E-state index contributed by atoms with van der Waals surface area (Å²) in [6, 6.07) is 0. The SMILES string of the molecule is CC(C)CCNCC(C)Sc1nnc(N(C)C)s1. The number of rotatable bonds is 8. The van der Waals surface area contributed by atoms with E-state index in [9.17, 15) is 0 Å². The van der Waals surface area contributed by atoms with Crippen LogP contribution in [0.1, 0.15) is 27.2 Å². The fourth-order valence-corrected chi connectivity index (χ4v) is 3.38. The van der Waals surface area contributed by atoms with Gasteiger partial charge in [-0.2, -0.15) is 0 Å². The summed E-state index contributed by atoms with van der Waals surface area (Å²) in [5.41, 5.74) is 0. The quantitative estimate of drug-likeness (QED) is 0.588. The molecule has 0 aliphatic carbocycles. The highest BCUT2D eigenvalue weighted by Gasteiger charge is 2.10. The second-order valence-electron chi connectivity index (χ2n) is 5.06. The van der Waals surface area contributed by atoms with E-state index in [1.807, 2.05) is 19.0 Å². The first-order valence-electron chi connectivity index (χ1n) is 6.37. The Balaban J connectivity index is 2.24. The molecule has 18 heavy (non-hydrogen) atoms. The van der Waals surface area contributed by atoms with E-state index in [2.05, 4.69) is 36.3 Å². The number of aromatic nitrogens is 2. The third-order valence-electron chi connectivity index (χ3n) is 2.41. The Labute approximate surface area is 119 Å². The Morgan fingerprint density at radius 2 is 2.00 bits per heavy atom. The van der Waals surface area contributed by atoms with E-state index in [-0.39, 0.29) is 0 Å². The average Bonchev–Trinajstić information content (AvgIpc) is 2.72. The van der Waals surface area contributed by atoms with Gasteiger partial charge < -0.3 is 10.2 Å². The summed E-state index contributed by atoms with van der Waals surface area (Å²) in [6.07, 6.45) is 1.24. The second kappa shape index (κ2) is 7.96. The maximum atomic E-state index is 4.20. The molecule has 1 rings (SSSR count). The highest BCUT2D eigenvalue weighted by molar-refractivity contribution is 8.01. The lowest BCUT2D eigenvalue weighted by atomic mass is 10.1. The first-order chi connectivity index (χ1) is 8.49. The molecule has 0 spiro atoms. The highest BCUT2D eigenvalue weighted by atomic mass is 32.2. The van der Waals surface area contributed by atoms with Crippen molar-refractivity contribution in [1.29, 1.82) is 0 Å². The van der Waals surface area contributed by atoms with Crippen molar-refractivity contribution in [3.05, 3.63) is 0 Å². The standard InChI is InChI=1S/C12H24N4S2/c1-9(2)6-7-13-8-10(3)17-12-15-14-11(18-12)16(4)5/h9-10,13H,6-8H2,1-5H3. The van der Waals surface area contributed by atoms with Crippen LogP contribution in [-0.4, -0.2) is 42.6 Å². The topological polar surface area (TPSA) is 41.1 Å². The molecule has 0 aromatic carbocycles. The van der Waals surface area contributed by atoms with Crippen LogP contribution in [0.3, 0.4) is 0 Å². The molecule has 0 aliphatic rings. The maximum absolute atomic E-state index is 4.20. The van der Waals surface area contributed by atoms with E-state index in [0.717, 1.165) is 28.5 Å². The average molecular weight is 288 g/mol. The van der Waals surface area contributed by atoms with E-state index < -0.39 is 0 Å². The molecular weight excluding hydrogens is 264 g/mol. The Hall–Kier alpha value is -0.330. The van der Waals surface area contributed by atoms with Gasteiger partial charge in [0.05, 0.1) is 0 Å². The summed E-state index contributed by atoms with van der Waals surface area (Å²) < 4.78 is 1.05. The number of nitrogens with zero attached hydrogens (tertiary/aromatic N) is 3. The smallest absolute Gasteiger partial charge is 0.208 e. The van der Waals surface area contributed by atoms with E-state index >= 15 is 0 Å². The highest BCUT2D eigenvalue weighted by Crippen LogP contribution is 2.29. The molecule has 0 radical (unpaired) electrons. The molecule has 4 nitrogen and oxygen atoms in total. The molecule has 0 amide bonds. The van der Waals surface area contributed by atoms with Gasteiger partial charge in [0.25, 0.3) is 0 Å². The molecule has 104 valence electrons. The first kappa shape index (κ1) is 15.7. The van der Waals surface area contributed by atoms with Crippen LogP contribution in [0.2, 0.25) is 0 Å². The van der Waals surface area contributed by atoms with Crippen molar-refractivity contribution < 1.29 is 0 Å². The summed E-state index contributed by atoms with van der Waals surface area (Å²) in [4.78, 5) is 1.99. The van der Waals surface area contributed by atoms with Crippen LogP contribution >= 0.6 is 23.1 Å². The predicted octanol–water partition coefficient (Wildman–Crippen LogP) is 2.72. The molecule has 0 saturated carbocycles. The summed E-state index contributed by atoms with van der Waals surface area (Å²) in [6.45, 7) is 8.85. The molecule has 1 aromatic heterocycles. The van der Waals surface area contributed by atoms with Gasteiger partial charge in [-0.1, -0.05) is 43.9 Å². The molecule has 1 unspecified atom stereocenters. The van der Waals surface area contributed by atoms with Crippen molar-refractivity contribution in [2.75, 3.05) is 32.1 Å². The third-order valence-corrected chi connectivity index (χ3v) is 4.69. The normalized spacial score (nSPS) is 13.0. The zero-order valence-corrected chi connectivity index (χ0v) is 13.6. The lowest BCUT2D eigenvalue weighted by Crippen LogP contribution is -2.24. The van der Waals surface area contributed by atoms with Crippen molar-refractivity contribution in [1.82, 2.24) is 15.5 Å². The minimum atomic E-state index is 0.528. The molecule has 6 heteroatoms. The first-order valence-corrected chi connectivity index (χ1v) is 8.07. The van der Waals surface area contributed by atoms with Crippen LogP contribution in [0.5, 0.6) is 0 Å². The number of hydrogen-bond donors (Lipinski definition) is 1. The third kappa shape index (κ3) is 6.02. The summed E-state index contributed by atoms with van der Waals surface area (Å²) >= 11 is 3.45. The van der Waals surface area contributed by atoms with Crippen molar-refractivity contribution in [3.63, 3.8) is 0 Å². The Morgan fingerprint density at radius 1 is 1.28 bits per heavy atom. The fourth-order valence-electron chi connectivity index (χ4n) is 1.34. The monoisotopic (exact) mass is 288 g/mol. The van der Waals surface area contributed by atoms with E-state index in [4.69, 9.17) is 0 Å². The molecule has 1 aromatic rings. The molecule has 0 saturated heterocycles. The summed E-state index contributed by atoms with van der Waals surface area (Å²) in [7, 11) is 3.98. The van der Waals surface area contributed by atoms with Crippen LogP contribution in [0.25, 0.3) is 0 Å². The van der Waals surface area contributed by atoms with Crippen LogP contribution in [0.4, 0.5) is 5.13 Å². The number of anilines is 1. The lowest BCUT2D eigenvalue weighted by Gasteiger charge is -2.11. The zero-order valence-electron chi connectivity index (χ0n) is 11.9. The van der Waals surface area contributed by atoms with Crippen LogP contribution < -0.4 is 10.2 Å². The van der Waals surface area contributed by atoms with Gasteiger partial charge in [-0.3, -0.25) is 0 Å². The summed E-state index contributed by atoms with van der Waals surface area (Å²) in [5.74, 6) is 0.770. The van der Waals surface area contributed by atoms with Crippen molar-refractivity contribution in [2.45, 2.75) is 36.8 Å². The van der Waals surface area contributed by atoms with Crippen molar-refractivity contribution in [3.8, 4) is 0 Å². The number of thioether (sulfide) groups is 1. The molecule has 1 heterocycles. The molecular formula is C12H24N4S2. The minimum absolute atomic E-state index is 0.528. The molecule has 0 bridgehead atoms. The van der Waals surface area contributed by atoms with Gasteiger partial charge >= 0.3 is 0 Å². The molecule has 0 fully saturated rings. The lowest BCUT2D eigenvalue weighted by molar-refractivity contribution is 0.539. The fraction of sp³-hybridized carbons (Fsp3) is 0.833. The van der Waals surface area contributed by atoms with Gasteiger partial charge in [0, 0.05) is 25.9 Å². The van der Waals surface area contributed by atoms with E-state index in [1.54, 1.807) is 23.1 Å². The minimum Gasteiger partial charge on any atom is -0.353 e. The Bertz CT molecular complexity index is 339. The van der Waals surface area contributed by atoms with Crippen molar-refractivity contribution in [2.24, 2.45) is 5.92 Å². The number of nitrogens with one attached hydrogen (secondary N) is 1. The van der Waals surface area contributed by atoms with Gasteiger partial charge in [-0.15, -0.1) is 10.2 Å². The second-order valence-corrected chi connectivity index (χ2v) is 7.70. The van der Waals surface area contributed by atoms with Gasteiger partial charge in [0.15, 0.2) is 4.34 Å². The van der Waals surface area contributed by atoms with Crippen LogP contribution in [0, 0.1) is 5.92 Å². The number of hydrogen-bond acceptors (Lipinski definition) is 6. The van der Waals surface area contributed by atoms with Crippen molar-refractivity contribution >= 4 is 28.2 Å². The van der Waals surface area contributed by atoms with E-state index in [0.29, 0.717) is 5.25 Å². The zero-order chi connectivity index (χ0) is 13.5. The van der Waals surface area contributed by atoms with Gasteiger partial charge in [0.1, 0.15) is 0 Å². The summed E-state index contributed by atoms with van der Waals surface area (Å²) in [5, 5.41) is 13.3. The van der Waals surface area contributed by atoms with Gasteiger partial charge in [0.2, 0.25) is 5.13 Å². The van der Waals surface area contributed by atoms with Gasteiger partial charge in [-0.25, -0.2) is 0 Å². The Kier molecular flexibility index (Phi) is 6.96. The molecule has 1 atom stereocenters. The van der Waals surface area contributed by atoms with Crippen LogP contribution in [0.15, 0.2) is 4.34 Å².